The van der Waals surface area contributed by atoms with Gasteiger partial charge in [-0.25, -0.2) is 4.98 Å². The summed E-state index contributed by atoms with van der Waals surface area (Å²) in [7, 11) is 1.87. The van der Waals surface area contributed by atoms with Crippen molar-refractivity contribution < 1.29 is 0 Å². The number of halogens is 1. The molecule has 0 saturated heterocycles. The Labute approximate surface area is 119 Å². The van der Waals surface area contributed by atoms with Crippen LogP contribution in [0.1, 0.15) is 5.82 Å². The van der Waals surface area contributed by atoms with Crippen LogP contribution in [0.25, 0.3) is 10.9 Å². The number of aromatic nitrogens is 5. The summed E-state index contributed by atoms with van der Waals surface area (Å²) in [5, 5.41) is 8.68. The van der Waals surface area contributed by atoms with Crippen molar-refractivity contribution in [2.45, 2.75) is 13.0 Å². The molecule has 3 rings (SSSR count). The molecule has 7 heteroatoms. The van der Waals surface area contributed by atoms with E-state index in [1.165, 1.54) is 6.33 Å². The lowest BCUT2D eigenvalue weighted by molar-refractivity contribution is 0.626. The van der Waals surface area contributed by atoms with Gasteiger partial charge in [-0.1, -0.05) is 17.7 Å². The fourth-order valence-corrected chi connectivity index (χ4v) is 2.32. The van der Waals surface area contributed by atoms with Gasteiger partial charge in [0.1, 0.15) is 12.2 Å². The Bertz CT molecular complexity index is 823. The summed E-state index contributed by atoms with van der Waals surface area (Å²) in [5.74, 6) is 0.816. The lowest BCUT2D eigenvalue weighted by Crippen LogP contribution is -2.22. The Hall–Kier alpha value is -2.21. The first-order chi connectivity index (χ1) is 9.66. The summed E-state index contributed by atoms with van der Waals surface area (Å²) < 4.78 is 3.37. The monoisotopic (exact) mass is 289 g/mol. The van der Waals surface area contributed by atoms with Crippen molar-refractivity contribution >= 4 is 22.5 Å². The van der Waals surface area contributed by atoms with Gasteiger partial charge in [0, 0.05) is 20.0 Å². The van der Waals surface area contributed by atoms with Gasteiger partial charge in [0.15, 0.2) is 0 Å². The van der Waals surface area contributed by atoms with Crippen LogP contribution >= 0.6 is 11.6 Å². The number of rotatable bonds is 3. The quantitative estimate of drug-likeness (QED) is 0.731. The Kier molecular flexibility index (Phi) is 3.23. The molecule has 0 N–H and O–H groups in total. The molecule has 0 amide bonds. The van der Waals surface area contributed by atoms with Crippen LogP contribution in [0.2, 0.25) is 5.02 Å². The van der Waals surface area contributed by atoms with Gasteiger partial charge in [-0.05, 0) is 12.1 Å². The van der Waals surface area contributed by atoms with Gasteiger partial charge >= 0.3 is 0 Å². The fraction of sp³-hybridized carbons (Fsp3) is 0.231. The molecule has 0 unspecified atom stereocenters. The van der Waals surface area contributed by atoms with Crippen LogP contribution in [-0.4, -0.2) is 24.3 Å². The maximum atomic E-state index is 12.4. The predicted octanol–water partition coefficient (Wildman–Crippen LogP) is 1.42. The van der Waals surface area contributed by atoms with Crippen LogP contribution in [0, 0.1) is 0 Å². The van der Waals surface area contributed by atoms with E-state index in [4.69, 9.17) is 11.6 Å². The molecule has 2 heterocycles. The average molecular weight is 290 g/mol. The summed E-state index contributed by atoms with van der Waals surface area (Å²) in [6.07, 6.45) is 3.78. The number of nitrogens with zero attached hydrogens (tertiary/aromatic N) is 5. The molecule has 0 aliphatic carbocycles. The van der Waals surface area contributed by atoms with Crippen LogP contribution in [0.4, 0.5) is 0 Å². The van der Waals surface area contributed by atoms with Gasteiger partial charge in [0.05, 0.1) is 22.3 Å². The smallest absolute Gasteiger partial charge is 0.262 e. The molecule has 0 radical (unpaired) electrons. The third-order valence-corrected chi connectivity index (χ3v) is 3.50. The summed E-state index contributed by atoms with van der Waals surface area (Å²) in [5.41, 5.74) is 0.472. The van der Waals surface area contributed by atoms with Gasteiger partial charge in [-0.3, -0.25) is 9.36 Å². The molecule has 3 aromatic rings. The maximum Gasteiger partial charge on any atom is 0.262 e. The van der Waals surface area contributed by atoms with Crippen LogP contribution in [0.3, 0.4) is 0 Å². The van der Waals surface area contributed by atoms with Crippen molar-refractivity contribution in [2.24, 2.45) is 7.05 Å². The topological polar surface area (TPSA) is 65.6 Å². The molecule has 6 nitrogen and oxygen atoms in total. The van der Waals surface area contributed by atoms with Gasteiger partial charge < -0.3 is 4.57 Å². The standard InChI is InChI=1S/C13H12ClN5O/c1-18-8-16-17-11(18)5-6-19-7-15-10-4-2-3-9(14)12(10)13(19)20/h2-4,7-8H,5-6H2,1H3. The minimum atomic E-state index is -0.136. The van der Waals surface area contributed by atoms with Crippen LogP contribution < -0.4 is 5.56 Å². The van der Waals surface area contributed by atoms with E-state index >= 15 is 0 Å². The first-order valence-corrected chi connectivity index (χ1v) is 6.51. The van der Waals surface area contributed by atoms with E-state index in [1.807, 2.05) is 11.6 Å². The number of fused-ring (bicyclic) bond motifs is 1. The summed E-state index contributed by atoms with van der Waals surface area (Å²) in [6.45, 7) is 0.486. The molecule has 0 spiro atoms. The summed E-state index contributed by atoms with van der Waals surface area (Å²) in [4.78, 5) is 16.7. The molecule has 1 aromatic carbocycles. The second kappa shape index (κ2) is 5.05. The molecule has 0 fully saturated rings. The molecular formula is C13H12ClN5O. The Morgan fingerprint density at radius 2 is 2.15 bits per heavy atom. The fourth-order valence-electron chi connectivity index (χ4n) is 2.07. The normalized spacial score (nSPS) is 11.1. The Morgan fingerprint density at radius 3 is 2.90 bits per heavy atom. The zero-order chi connectivity index (χ0) is 14.1. The van der Waals surface area contributed by atoms with E-state index in [0.29, 0.717) is 28.9 Å². The minimum absolute atomic E-state index is 0.136. The zero-order valence-electron chi connectivity index (χ0n) is 10.8. The average Bonchev–Trinajstić information content (AvgIpc) is 2.84. The molecule has 0 aliphatic heterocycles. The van der Waals surface area contributed by atoms with Crippen molar-refractivity contribution in [3.05, 3.63) is 52.1 Å². The van der Waals surface area contributed by atoms with Crippen LogP contribution in [0.5, 0.6) is 0 Å². The van der Waals surface area contributed by atoms with Gasteiger partial charge in [-0.2, -0.15) is 0 Å². The molecule has 0 aliphatic rings. The molecule has 2 aromatic heterocycles. The van der Waals surface area contributed by atoms with Crippen molar-refractivity contribution in [3.63, 3.8) is 0 Å². The first kappa shape index (κ1) is 12.8. The number of aryl methyl sites for hydroxylation is 3. The van der Waals surface area contributed by atoms with E-state index in [1.54, 1.807) is 29.1 Å². The Morgan fingerprint density at radius 1 is 1.30 bits per heavy atom. The largest absolute Gasteiger partial charge is 0.321 e. The highest BCUT2D eigenvalue weighted by Crippen LogP contribution is 2.17. The molecule has 0 atom stereocenters. The second-order valence-corrected chi connectivity index (χ2v) is 4.89. The molecule has 0 bridgehead atoms. The van der Waals surface area contributed by atoms with E-state index < -0.39 is 0 Å². The van der Waals surface area contributed by atoms with Crippen LogP contribution in [0.15, 0.2) is 35.6 Å². The lowest BCUT2D eigenvalue weighted by atomic mass is 10.2. The molecule has 102 valence electrons. The molecule has 20 heavy (non-hydrogen) atoms. The van der Waals surface area contributed by atoms with Gasteiger partial charge in [0.2, 0.25) is 0 Å². The van der Waals surface area contributed by atoms with E-state index in [2.05, 4.69) is 15.2 Å². The van der Waals surface area contributed by atoms with E-state index in [-0.39, 0.29) is 5.56 Å². The first-order valence-electron chi connectivity index (χ1n) is 6.13. The Balaban J connectivity index is 1.97. The van der Waals surface area contributed by atoms with Crippen LogP contribution in [-0.2, 0) is 20.0 Å². The molecule has 0 saturated carbocycles. The van der Waals surface area contributed by atoms with Crippen molar-refractivity contribution in [1.82, 2.24) is 24.3 Å². The zero-order valence-corrected chi connectivity index (χ0v) is 11.6. The third kappa shape index (κ3) is 2.18. The molecular weight excluding hydrogens is 278 g/mol. The van der Waals surface area contributed by atoms with E-state index in [9.17, 15) is 4.79 Å². The highest BCUT2D eigenvalue weighted by molar-refractivity contribution is 6.35. The number of hydrogen-bond acceptors (Lipinski definition) is 4. The van der Waals surface area contributed by atoms with Gasteiger partial charge in [-0.15, -0.1) is 10.2 Å². The number of benzene rings is 1. The van der Waals surface area contributed by atoms with Gasteiger partial charge in [0.25, 0.3) is 5.56 Å². The van der Waals surface area contributed by atoms with E-state index in [0.717, 1.165) is 5.82 Å². The lowest BCUT2D eigenvalue weighted by Gasteiger charge is -2.07. The number of hydrogen-bond donors (Lipinski definition) is 0. The second-order valence-electron chi connectivity index (χ2n) is 4.49. The van der Waals surface area contributed by atoms with Crippen molar-refractivity contribution in [1.29, 1.82) is 0 Å². The SMILES string of the molecule is Cn1cnnc1CCn1cnc2cccc(Cl)c2c1=O. The highest BCUT2D eigenvalue weighted by atomic mass is 35.5. The predicted molar refractivity (Wildman–Crippen MR) is 75.7 cm³/mol. The van der Waals surface area contributed by atoms with Crippen molar-refractivity contribution in [2.75, 3.05) is 0 Å². The summed E-state index contributed by atoms with van der Waals surface area (Å²) >= 11 is 6.08. The summed E-state index contributed by atoms with van der Waals surface area (Å²) in [6, 6.07) is 5.25. The maximum absolute atomic E-state index is 12.4. The third-order valence-electron chi connectivity index (χ3n) is 3.18. The highest BCUT2D eigenvalue weighted by Gasteiger charge is 2.08. The minimum Gasteiger partial charge on any atom is -0.321 e. The van der Waals surface area contributed by atoms with Crippen molar-refractivity contribution in [3.8, 4) is 0 Å².